The molecule has 0 saturated carbocycles. The van der Waals surface area contributed by atoms with Crippen molar-refractivity contribution in [2.45, 2.75) is 18.7 Å². The Hall–Kier alpha value is -0.650. The lowest BCUT2D eigenvalue weighted by molar-refractivity contribution is -0.153. The number of hydrogen-bond acceptors (Lipinski definition) is 4. The van der Waals surface area contributed by atoms with Gasteiger partial charge in [-0.3, -0.25) is 4.79 Å². The largest absolute Gasteiger partial charge is 0.394 e. The van der Waals surface area contributed by atoms with E-state index < -0.39 is 5.72 Å². The van der Waals surface area contributed by atoms with Crippen LogP contribution >= 0.6 is 0 Å². The van der Waals surface area contributed by atoms with Gasteiger partial charge >= 0.3 is 0 Å². The molecule has 2 aliphatic heterocycles. The first-order valence-corrected chi connectivity index (χ1v) is 4.45. The first-order chi connectivity index (χ1) is 6.17. The molecule has 0 aromatic heterocycles. The summed E-state index contributed by atoms with van der Waals surface area (Å²) in [7, 11) is 0. The van der Waals surface area contributed by atoms with Crippen molar-refractivity contribution >= 4 is 5.91 Å². The average Bonchev–Trinajstić information content (AvgIpc) is 2.43. The molecule has 5 nitrogen and oxygen atoms in total. The normalized spacial score (nSPS) is 39.4. The molecule has 0 aromatic rings. The number of ether oxygens (including phenoxy) is 1. The van der Waals surface area contributed by atoms with Crippen LogP contribution in [-0.4, -0.2) is 54.0 Å². The van der Waals surface area contributed by atoms with Gasteiger partial charge in [0, 0.05) is 6.54 Å². The molecule has 0 aromatic carbocycles. The molecule has 2 atom stereocenters. The molecule has 0 aliphatic carbocycles. The van der Waals surface area contributed by atoms with Crippen LogP contribution in [0.2, 0.25) is 0 Å². The number of hydrogen-bond donors (Lipinski definition) is 2. The van der Waals surface area contributed by atoms with Crippen LogP contribution in [0, 0.1) is 0 Å². The van der Waals surface area contributed by atoms with Crippen LogP contribution in [-0.2, 0) is 9.53 Å². The molecule has 0 radical (unpaired) electrons. The number of aliphatic hydroxyl groups excluding tert-OH is 1. The second kappa shape index (κ2) is 2.94. The predicted molar refractivity (Wildman–Crippen MR) is 44.9 cm³/mol. The number of piperazine rings is 1. The number of nitrogens with zero attached hydrogens (tertiary/aromatic N) is 1. The number of carbonyl (C=O) groups excluding carboxylic acids is 1. The summed E-state index contributed by atoms with van der Waals surface area (Å²) in [5, 5.41) is 12.0. The van der Waals surface area contributed by atoms with Crippen LogP contribution in [0.1, 0.15) is 6.92 Å². The third kappa shape index (κ3) is 1.23. The van der Waals surface area contributed by atoms with Crippen molar-refractivity contribution in [1.29, 1.82) is 0 Å². The van der Waals surface area contributed by atoms with E-state index in [2.05, 4.69) is 5.32 Å². The lowest BCUT2D eigenvalue weighted by atomic mass is 10.1. The molecule has 2 heterocycles. The summed E-state index contributed by atoms with van der Waals surface area (Å²) < 4.78 is 5.50. The van der Waals surface area contributed by atoms with Crippen LogP contribution in [0.5, 0.6) is 0 Å². The van der Waals surface area contributed by atoms with Crippen LogP contribution in [0.3, 0.4) is 0 Å². The van der Waals surface area contributed by atoms with Gasteiger partial charge in [0.1, 0.15) is 0 Å². The molecule has 5 heteroatoms. The Kier molecular flexibility index (Phi) is 2.02. The number of nitrogens with one attached hydrogen (secondary N) is 1. The maximum Gasteiger partial charge on any atom is 0.239 e. The van der Waals surface area contributed by atoms with E-state index >= 15 is 0 Å². The van der Waals surface area contributed by atoms with E-state index in [9.17, 15) is 4.79 Å². The highest BCUT2D eigenvalue weighted by Crippen LogP contribution is 2.28. The third-order valence-corrected chi connectivity index (χ3v) is 2.67. The standard InChI is InChI=1S/C8H14N2O3/c1-8-5-9-2-7(12)10(8)6(3-11)4-13-8/h6,9,11H,2-5H2,1H3/t6-,8+/m0/s1. The van der Waals surface area contributed by atoms with Gasteiger partial charge in [0.2, 0.25) is 5.91 Å². The first kappa shape index (κ1) is 8.93. The Morgan fingerprint density at radius 3 is 3.31 bits per heavy atom. The number of carbonyl (C=O) groups is 1. The number of rotatable bonds is 1. The van der Waals surface area contributed by atoms with E-state index in [-0.39, 0.29) is 18.6 Å². The lowest BCUT2D eigenvalue weighted by Crippen LogP contribution is -2.62. The SMILES string of the molecule is C[C@@]12CNCC(=O)N1[C@@H](CO)CO2. The molecular weight excluding hydrogens is 172 g/mol. The molecule has 0 unspecified atom stereocenters. The highest BCUT2D eigenvalue weighted by atomic mass is 16.5. The molecule has 2 rings (SSSR count). The summed E-state index contributed by atoms with van der Waals surface area (Å²) in [6.07, 6.45) is 0. The summed E-state index contributed by atoms with van der Waals surface area (Å²) in [6.45, 7) is 3.25. The summed E-state index contributed by atoms with van der Waals surface area (Å²) in [5.41, 5.74) is -0.553. The van der Waals surface area contributed by atoms with E-state index in [4.69, 9.17) is 9.84 Å². The number of aliphatic hydroxyl groups is 1. The minimum atomic E-state index is -0.553. The lowest BCUT2D eigenvalue weighted by Gasteiger charge is -2.40. The van der Waals surface area contributed by atoms with E-state index in [1.54, 1.807) is 4.90 Å². The molecule has 13 heavy (non-hydrogen) atoms. The molecule has 74 valence electrons. The second-order valence-electron chi connectivity index (χ2n) is 3.69. The predicted octanol–water partition coefficient (Wildman–Crippen LogP) is -1.47. The smallest absolute Gasteiger partial charge is 0.239 e. The molecule has 2 aliphatic rings. The van der Waals surface area contributed by atoms with Crippen LogP contribution < -0.4 is 5.32 Å². The molecule has 2 N–H and O–H groups in total. The van der Waals surface area contributed by atoms with Crippen molar-refractivity contribution in [1.82, 2.24) is 10.2 Å². The summed E-state index contributed by atoms with van der Waals surface area (Å²) in [5.74, 6) is 0.00491. The zero-order chi connectivity index (χ0) is 9.47. The Morgan fingerprint density at radius 1 is 1.85 bits per heavy atom. The Labute approximate surface area is 76.7 Å². The summed E-state index contributed by atoms with van der Waals surface area (Å²) >= 11 is 0. The molecule has 2 fully saturated rings. The number of amides is 1. The van der Waals surface area contributed by atoms with Crippen molar-refractivity contribution in [2.24, 2.45) is 0 Å². The summed E-state index contributed by atoms with van der Waals surface area (Å²) in [4.78, 5) is 13.2. The van der Waals surface area contributed by atoms with Gasteiger partial charge in [0.25, 0.3) is 0 Å². The topological polar surface area (TPSA) is 61.8 Å². The average molecular weight is 186 g/mol. The van der Waals surface area contributed by atoms with Gasteiger partial charge < -0.3 is 20.1 Å². The van der Waals surface area contributed by atoms with E-state index in [1.165, 1.54) is 0 Å². The van der Waals surface area contributed by atoms with Crippen LogP contribution in [0.25, 0.3) is 0 Å². The highest BCUT2D eigenvalue weighted by Gasteiger charge is 2.48. The van der Waals surface area contributed by atoms with Gasteiger partial charge in [-0.05, 0) is 6.92 Å². The second-order valence-corrected chi connectivity index (χ2v) is 3.69. The van der Waals surface area contributed by atoms with Gasteiger partial charge in [0.15, 0.2) is 5.72 Å². The van der Waals surface area contributed by atoms with E-state index in [1.807, 2.05) is 6.92 Å². The molecule has 0 bridgehead atoms. The molecular formula is C8H14N2O3. The molecule has 1 amide bonds. The van der Waals surface area contributed by atoms with E-state index in [0.717, 1.165) is 0 Å². The van der Waals surface area contributed by atoms with Gasteiger partial charge in [-0.2, -0.15) is 0 Å². The van der Waals surface area contributed by atoms with Crippen molar-refractivity contribution in [2.75, 3.05) is 26.3 Å². The van der Waals surface area contributed by atoms with Gasteiger partial charge in [0.05, 0.1) is 25.8 Å². The van der Waals surface area contributed by atoms with Crippen molar-refractivity contribution in [3.63, 3.8) is 0 Å². The molecule has 2 saturated heterocycles. The highest BCUT2D eigenvalue weighted by molar-refractivity contribution is 5.80. The maximum atomic E-state index is 11.5. The van der Waals surface area contributed by atoms with E-state index in [0.29, 0.717) is 19.7 Å². The Balaban J connectivity index is 2.23. The summed E-state index contributed by atoms with van der Waals surface area (Å²) in [6, 6.07) is -0.167. The van der Waals surface area contributed by atoms with Crippen molar-refractivity contribution in [3.8, 4) is 0 Å². The fourth-order valence-electron chi connectivity index (χ4n) is 2.03. The minimum absolute atomic E-state index is 0.00491. The van der Waals surface area contributed by atoms with Gasteiger partial charge in [-0.1, -0.05) is 0 Å². The van der Waals surface area contributed by atoms with Crippen molar-refractivity contribution < 1.29 is 14.6 Å². The monoisotopic (exact) mass is 186 g/mol. The van der Waals surface area contributed by atoms with Crippen LogP contribution in [0.4, 0.5) is 0 Å². The third-order valence-electron chi connectivity index (χ3n) is 2.67. The zero-order valence-electron chi connectivity index (χ0n) is 7.62. The first-order valence-electron chi connectivity index (χ1n) is 4.45. The quantitative estimate of drug-likeness (QED) is 0.524. The number of fused-ring (bicyclic) bond motifs is 1. The fraction of sp³-hybridized carbons (Fsp3) is 0.875. The van der Waals surface area contributed by atoms with Gasteiger partial charge in [-0.15, -0.1) is 0 Å². The Bertz CT molecular complexity index is 233. The zero-order valence-corrected chi connectivity index (χ0v) is 7.62. The van der Waals surface area contributed by atoms with Gasteiger partial charge in [-0.25, -0.2) is 0 Å². The van der Waals surface area contributed by atoms with Crippen molar-refractivity contribution in [3.05, 3.63) is 0 Å². The molecule has 0 spiro atoms. The maximum absolute atomic E-state index is 11.5. The minimum Gasteiger partial charge on any atom is -0.394 e. The Morgan fingerprint density at radius 2 is 2.62 bits per heavy atom. The fourth-order valence-corrected chi connectivity index (χ4v) is 2.03. The van der Waals surface area contributed by atoms with Crippen LogP contribution in [0.15, 0.2) is 0 Å².